The van der Waals surface area contributed by atoms with Crippen molar-refractivity contribution < 1.29 is 18.0 Å². The lowest BCUT2D eigenvalue weighted by Crippen LogP contribution is -2.27. The Bertz CT molecular complexity index is 855. The summed E-state index contributed by atoms with van der Waals surface area (Å²) in [6, 6.07) is 8.25. The molecule has 0 atom stereocenters. The van der Waals surface area contributed by atoms with Crippen molar-refractivity contribution in [3.8, 4) is 0 Å². The number of nitrogens with zero attached hydrogens (tertiary/aromatic N) is 2. The smallest absolute Gasteiger partial charge is 0.351 e. The second-order valence-electron chi connectivity index (χ2n) is 5.11. The summed E-state index contributed by atoms with van der Waals surface area (Å²) in [5.41, 5.74) is 0.0996. The Hall–Kier alpha value is -2.06. The van der Waals surface area contributed by atoms with Crippen LogP contribution in [-0.4, -0.2) is 14.8 Å². The maximum Gasteiger partial charge on any atom is 0.416 e. The third-order valence-electron chi connectivity index (χ3n) is 3.49. The van der Waals surface area contributed by atoms with E-state index in [4.69, 9.17) is 12.2 Å². The second-order valence-corrected chi connectivity index (χ2v) is 6.78. The van der Waals surface area contributed by atoms with Gasteiger partial charge < -0.3 is 4.57 Å². The summed E-state index contributed by atoms with van der Waals surface area (Å²) < 4.78 is 40.6. The topological polar surface area (TPSA) is 25.2 Å². The third-order valence-corrected chi connectivity index (χ3v) is 4.79. The molecule has 124 valence electrons. The molecule has 0 spiro atoms. The summed E-state index contributed by atoms with van der Waals surface area (Å²) in [5, 5.41) is 0. The van der Waals surface area contributed by atoms with Crippen LogP contribution in [0, 0.1) is 0 Å². The summed E-state index contributed by atoms with van der Waals surface area (Å²) in [6.45, 7) is 0. The minimum Gasteiger partial charge on any atom is -0.351 e. The van der Waals surface area contributed by atoms with Crippen LogP contribution in [0.1, 0.15) is 11.3 Å². The average molecular weight is 368 g/mol. The number of thiocarbonyl (C=S) groups is 1. The van der Waals surface area contributed by atoms with E-state index < -0.39 is 17.6 Å². The summed E-state index contributed by atoms with van der Waals surface area (Å²) >= 11 is 6.25. The highest BCUT2D eigenvalue weighted by Crippen LogP contribution is 2.38. The lowest BCUT2D eigenvalue weighted by atomic mass is 10.2. The van der Waals surface area contributed by atoms with Crippen LogP contribution in [0.2, 0.25) is 0 Å². The number of halogens is 3. The van der Waals surface area contributed by atoms with Crippen LogP contribution < -0.4 is 4.90 Å². The molecule has 1 fully saturated rings. The van der Waals surface area contributed by atoms with Crippen LogP contribution >= 0.6 is 24.0 Å². The van der Waals surface area contributed by atoms with Crippen molar-refractivity contribution in [1.29, 1.82) is 0 Å². The van der Waals surface area contributed by atoms with E-state index in [1.165, 1.54) is 12.1 Å². The normalized spacial score (nSPS) is 17.2. The minimum absolute atomic E-state index is 0.114. The number of hydrogen-bond acceptors (Lipinski definition) is 3. The molecule has 3 nitrogen and oxygen atoms in total. The van der Waals surface area contributed by atoms with E-state index in [0.29, 0.717) is 4.91 Å². The lowest BCUT2D eigenvalue weighted by Gasteiger charge is -2.16. The molecule has 1 saturated heterocycles. The number of carbonyl (C=O) groups excluding carboxylic acids is 1. The van der Waals surface area contributed by atoms with E-state index in [-0.39, 0.29) is 10.0 Å². The molecular formula is C16H11F3N2OS2. The zero-order valence-electron chi connectivity index (χ0n) is 12.4. The number of aromatic nitrogens is 1. The molecule has 0 saturated carbocycles. The molecule has 0 radical (unpaired) electrons. The largest absolute Gasteiger partial charge is 0.416 e. The van der Waals surface area contributed by atoms with Crippen LogP contribution in [0.3, 0.4) is 0 Å². The number of carbonyl (C=O) groups is 1. The van der Waals surface area contributed by atoms with Crippen molar-refractivity contribution in [2.75, 3.05) is 4.90 Å². The fourth-order valence-corrected chi connectivity index (χ4v) is 3.55. The van der Waals surface area contributed by atoms with Gasteiger partial charge in [0, 0.05) is 18.9 Å². The molecule has 0 unspecified atom stereocenters. The van der Waals surface area contributed by atoms with Gasteiger partial charge in [-0.25, -0.2) is 0 Å². The molecule has 1 aromatic carbocycles. The number of benzene rings is 1. The Labute approximate surface area is 145 Å². The van der Waals surface area contributed by atoms with E-state index in [1.54, 1.807) is 6.08 Å². The monoisotopic (exact) mass is 368 g/mol. The number of amides is 1. The van der Waals surface area contributed by atoms with Crippen molar-refractivity contribution in [3.63, 3.8) is 0 Å². The number of hydrogen-bond donors (Lipinski definition) is 0. The van der Waals surface area contributed by atoms with Gasteiger partial charge in [-0.2, -0.15) is 13.2 Å². The highest BCUT2D eigenvalue weighted by atomic mass is 32.2. The van der Waals surface area contributed by atoms with Gasteiger partial charge >= 0.3 is 6.18 Å². The molecule has 0 aliphatic carbocycles. The minimum atomic E-state index is -4.48. The van der Waals surface area contributed by atoms with Crippen LogP contribution in [0.15, 0.2) is 47.5 Å². The average Bonchev–Trinajstić information content (AvgIpc) is 3.03. The summed E-state index contributed by atoms with van der Waals surface area (Å²) in [6.07, 6.45) is -0.971. The number of anilines is 1. The third kappa shape index (κ3) is 3.11. The van der Waals surface area contributed by atoms with Crippen molar-refractivity contribution in [3.05, 3.63) is 58.8 Å². The molecule has 1 aliphatic heterocycles. The highest BCUT2D eigenvalue weighted by Gasteiger charge is 2.36. The van der Waals surface area contributed by atoms with E-state index in [1.807, 2.05) is 29.9 Å². The van der Waals surface area contributed by atoms with Gasteiger partial charge in [-0.05, 0) is 36.4 Å². The molecule has 0 bridgehead atoms. The van der Waals surface area contributed by atoms with Gasteiger partial charge in [0.2, 0.25) is 0 Å². The van der Waals surface area contributed by atoms with Crippen molar-refractivity contribution in [2.24, 2.45) is 7.05 Å². The van der Waals surface area contributed by atoms with E-state index in [9.17, 15) is 18.0 Å². The van der Waals surface area contributed by atoms with Crippen LogP contribution in [0.4, 0.5) is 18.9 Å². The molecule has 3 rings (SSSR count). The van der Waals surface area contributed by atoms with Gasteiger partial charge in [0.1, 0.15) is 0 Å². The van der Waals surface area contributed by atoms with E-state index in [2.05, 4.69) is 0 Å². The molecule has 1 amide bonds. The number of alkyl halides is 3. The maximum absolute atomic E-state index is 12.9. The van der Waals surface area contributed by atoms with Crippen LogP contribution in [0.5, 0.6) is 0 Å². The number of thioether (sulfide) groups is 1. The van der Waals surface area contributed by atoms with Gasteiger partial charge in [-0.3, -0.25) is 9.69 Å². The molecule has 0 N–H and O–H groups in total. The predicted octanol–water partition coefficient (Wildman–Crippen LogP) is 4.45. The fourth-order valence-electron chi connectivity index (χ4n) is 2.27. The Balaban J connectivity index is 1.96. The van der Waals surface area contributed by atoms with Crippen molar-refractivity contribution >= 4 is 46.0 Å². The first-order chi connectivity index (χ1) is 11.3. The summed E-state index contributed by atoms with van der Waals surface area (Å²) in [7, 11) is 1.83. The number of rotatable bonds is 2. The predicted molar refractivity (Wildman–Crippen MR) is 92.5 cm³/mol. The van der Waals surface area contributed by atoms with E-state index in [0.717, 1.165) is 34.5 Å². The Kier molecular flexibility index (Phi) is 4.27. The van der Waals surface area contributed by atoms with Gasteiger partial charge in [0.05, 0.1) is 16.2 Å². The van der Waals surface area contributed by atoms with Crippen LogP contribution in [0.25, 0.3) is 6.08 Å². The summed E-state index contributed by atoms with van der Waals surface area (Å²) in [4.78, 5) is 14.1. The molecule has 1 aromatic heterocycles. The Morgan fingerprint density at radius 3 is 2.58 bits per heavy atom. The van der Waals surface area contributed by atoms with Gasteiger partial charge in [-0.15, -0.1) is 0 Å². The van der Waals surface area contributed by atoms with Crippen molar-refractivity contribution in [2.45, 2.75) is 6.18 Å². The quantitative estimate of drug-likeness (QED) is 0.578. The van der Waals surface area contributed by atoms with Crippen molar-refractivity contribution in [1.82, 2.24) is 4.57 Å². The number of aryl methyl sites for hydroxylation is 1. The lowest BCUT2D eigenvalue weighted by molar-refractivity contribution is -0.137. The Morgan fingerprint density at radius 1 is 1.21 bits per heavy atom. The zero-order valence-corrected chi connectivity index (χ0v) is 14.0. The van der Waals surface area contributed by atoms with Gasteiger partial charge in [0.15, 0.2) is 4.32 Å². The van der Waals surface area contributed by atoms with Gasteiger partial charge in [0.25, 0.3) is 5.91 Å². The molecular weight excluding hydrogens is 357 g/mol. The molecule has 8 heteroatoms. The van der Waals surface area contributed by atoms with Crippen LogP contribution in [-0.2, 0) is 18.0 Å². The SMILES string of the molecule is Cn1cccc1/C=C1/SC(=S)N(c2cccc(C(F)(F)F)c2)C1=O. The molecule has 2 heterocycles. The molecule has 2 aromatic rings. The van der Waals surface area contributed by atoms with Gasteiger partial charge in [-0.1, -0.05) is 30.0 Å². The first-order valence-corrected chi connectivity index (χ1v) is 8.06. The highest BCUT2D eigenvalue weighted by molar-refractivity contribution is 8.27. The molecule has 1 aliphatic rings. The maximum atomic E-state index is 12.9. The first-order valence-electron chi connectivity index (χ1n) is 6.84. The molecule has 24 heavy (non-hydrogen) atoms. The zero-order chi connectivity index (χ0) is 17.5. The Morgan fingerprint density at radius 2 is 1.96 bits per heavy atom. The second kappa shape index (κ2) is 6.10. The van der Waals surface area contributed by atoms with E-state index >= 15 is 0 Å². The fraction of sp³-hybridized carbons (Fsp3) is 0.125. The summed E-state index contributed by atoms with van der Waals surface area (Å²) in [5.74, 6) is -0.425. The first kappa shape index (κ1) is 16.8. The standard InChI is InChI=1S/C16H11F3N2OS2/c1-20-7-3-6-11(20)9-13-14(22)21(15(23)24-13)12-5-2-4-10(8-12)16(17,18)19/h2-9H,1H3/b13-9+.